The SMILES string of the molecule is COc1cc(Nc2ccc3ncc(-c4cc5ccccc5s4)n3n2)ccc1O.O=C(O)c1cccc(Nc2ccc3ncc(-c4cc5ccccc5s4)n3n2)c1. The summed E-state index contributed by atoms with van der Waals surface area (Å²) in [5.41, 5.74) is 5.04. The average molecular weight is 775 g/mol. The zero-order chi connectivity index (χ0) is 38.2. The third kappa shape index (κ3) is 6.81. The smallest absolute Gasteiger partial charge is 0.335 e. The van der Waals surface area contributed by atoms with Gasteiger partial charge < -0.3 is 25.6 Å². The van der Waals surface area contributed by atoms with Crippen LogP contribution < -0.4 is 15.4 Å². The van der Waals surface area contributed by atoms with Gasteiger partial charge in [-0.1, -0.05) is 42.5 Å². The van der Waals surface area contributed by atoms with Gasteiger partial charge in [-0.2, -0.15) is 0 Å². The fourth-order valence-electron chi connectivity index (χ4n) is 6.21. The van der Waals surface area contributed by atoms with Crippen LogP contribution in [0.3, 0.4) is 0 Å². The van der Waals surface area contributed by atoms with Crippen molar-refractivity contribution in [1.82, 2.24) is 29.2 Å². The van der Waals surface area contributed by atoms with Gasteiger partial charge in [-0.25, -0.2) is 23.8 Å². The topological polar surface area (TPSA) is 151 Å². The Hall–Kier alpha value is -7.29. The molecule has 0 saturated heterocycles. The van der Waals surface area contributed by atoms with Crippen molar-refractivity contribution in [3.63, 3.8) is 0 Å². The molecule has 0 amide bonds. The molecule has 0 aliphatic rings. The molecule has 10 rings (SSSR count). The summed E-state index contributed by atoms with van der Waals surface area (Å²) in [5.74, 6) is 0.808. The van der Waals surface area contributed by atoms with Gasteiger partial charge in [-0.15, -0.1) is 32.9 Å². The maximum Gasteiger partial charge on any atom is 0.335 e. The van der Waals surface area contributed by atoms with Gasteiger partial charge in [-0.3, -0.25) is 0 Å². The van der Waals surface area contributed by atoms with E-state index in [4.69, 9.17) is 14.9 Å². The Morgan fingerprint density at radius 1 is 0.643 bits per heavy atom. The van der Waals surface area contributed by atoms with Crippen LogP contribution in [0.4, 0.5) is 23.0 Å². The molecule has 6 aromatic heterocycles. The maximum atomic E-state index is 11.2. The van der Waals surface area contributed by atoms with Crippen LogP contribution in [0.2, 0.25) is 0 Å². The summed E-state index contributed by atoms with van der Waals surface area (Å²) in [5, 5.41) is 37.1. The number of nitrogens with zero attached hydrogens (tertiary/aromatic N) is 6. The molecule has 0 saturated carbocycles. The number of methoxy groups -OCH3 is 1. The molecule has 0 atom stereocenters. The van der Waals surface area contributed by atoms with Crippen LogP contribution in [0.15, 0.2) is 140 Å². The summed E-state index contributed by atoms with van der Waals surface area (Å²) in [6.07, 6.45) is 3.67. The number of hydrogen-bond donors (Lipinski definition) is 4. The molecule has 56 heavy (non-hydrogen) atoms. The van der Waals surface area contributed by atoms with Crippen molar-refractivity contribution in [3.05, 3.63) is 145 Å². The third-order valence-electron chi connectivity index (χ3n) is 8.91. The molecule has 0 spiro atoms. The predicted octanol–water partition coefficient (Wildman–Crippen LogP) is 10.1. The summed E-state index contributed by atoms with van der Waals surface area (Å²) in [7, 11) is 1.52. The van der Waals surface area contributed by atoms with Gasteiger partial charge in [0.15, 0.2) is 34.4 Å². The number of thiophene rings is 2. The molecule has 0 bridgehead atoms. The second kappa shape index (κ2) is 14.5. The van der Waals surface area contributed by atoms with Crippen molar-refractivity contribution in [2.75, 3.05) is 17.7 Å². The molecule has 6 heterocycles. The van der Waals surface area contributed by atoms with Crippen LogP contribution in [0, 0.1) is 0 Å². The molecule has 0 aliphatic heterocycles. The lowest BCUT2D eigenvalue weighted by atomic mass is 10.2. The van der Waals surface area contributed by atoms with Gasteiger partial charge in [0.1, 0.15) is 11.4 Å². The predicted molar refractivity (Wildman–Crippen MR) is 222 cm³/mol. The van der Waals surface area contributed by atoms with E-state index in [0.29, 0.717) is 23.1 Å². The molecule has 12 nitrogen and oxygen atoms in total. The van der Waals surface area contributed by atoms with Gasteiger partial charge in [-0.05, 0) is 89.6 Å². The highest BCUT2D eigenvalue weighted by Gasteiger charge is 2.14. The monoisotopic (exact) mass is 774 g/mol. The molecule has 0 unspecified atom stereocenters. The first-order chi connectivity index (χ1) is 27.4. The molecule has 14 heteroatoms. The summed E-state index contributed by atoms with van der Waals surface area (Å²) < 4.78 is 11.2. The van der Waals surface area contributed by atoms with E-state index >= 15 is 0 Å². The number of rotatable bonds is 8. The van der Waals surface area contributed by atoms with Crippen LogP contribution in [-0.2, 0) is 0 Å². The number of phenols is 1. The number of carboxylic acids is 1. The van der Waals surface area contributed by atoms with Crippen molar-refractivity contribution >= 4 is 83.1 Å². The number of aromatic nitrogens is 6. The van der Waals surface area contributed by atoms with Crippen molar-refractivity contribution < 1.29 is 19.7 Å². The standard InChI is InChI=1S/C21H16N4O2S.C21H14N4O2S/c1-27-17-11-14(6-7-16(17)26)23-20-8-9-21-22-12-15(25(21)24-20)19-10-13-4-2-3-5-18(13)28-19;26-21(27)14-5-3-6-15(10-14)23-19-8-9-20-22-12-16(25(20)24-19)18-11-13-4-1-2-7-17(13)28-18/h2-12,26H,1H3,(H,23,24);1-12H,(H,23,24)(H,26,27). The van der Waals surface area contributed by atoms with Gasteiger partial charge in [0.2, 0.25) is 0 Å². The zero-order valence-electron chi connectivity index (χ0n) is 29.5. The highest BCUT2D eigenvalue weighted by atomic mass is 32.1. The van der Waals surface area contributed by atoms with Gasteiger partial charge in [0.25, 0.3) is 0 Å². The second-order valence-corrected chi connectivity index (χ2v) is 14.8. The first kappa shape index (κ1) is 34.5. The number of benzene rings is 4. The number of ether oxygens (including phenoxy) is 1. The van der Waals surface area contributed by atoms with Crippen molar-refractivity contribution in [2.45, 2.75) is 0 Å². The first-order valence-electron chi connectivity index (χ1n) is 17.3. The minimum absolute atomic E-state index is 0.0955. The molecular weight excluding hydrogens is 745 g/mol. The summed E-state index contributed by atoms with van der Waals surface area (Å²) in [4.78, 5) is 22.3. The average Bonchev–Trinajstić information content (AvgIpc) is 4.03. The Balaban J connectivity index is 0.000000146. The van der Waals surface area contributed by atoms with E-state index in [1.807, 2.05) is 65.4 Å². The Bertz CT molecular complexity index is 2990. The summed E-state index contributed by atoms with van der Waals surface area (Å²) in [6.45, 7) is 0. The lowest BCUT2D eigenvalue weighted by Gasteiger charge is -2.09. The Morgan fingerprint density at radius 2 is 1.20 bits per heavy atom. The highest BCUT2D eigenvalue weighted by Crippen LogP contribution is 2.35. The van der Waals surface area contributed by atoms with E-state index in [2.05, 4.69) is 62.1 Å². The number of fused-ring (bicyclic) bond motifs is 4. The number of nitrogens with one attached hydrogen (secondary N) is 2. The normalized spacial score (nSPS) is 11.2. The van der Waals surface area contributed by atoms with E-state index in [1.54, 1.807) is 69.7 Å². The van der Waals surface area contributed by atoms with Gasteiger partial charge in [0.05, 0.1) is 34.8 Å². The number of imidazole rings is 2. The quantitative estimate of drug-likeness (QED) is 0.110. The van der Waals surface area contributed by atoms with Crippen molar-refractivity contribution in [3.8, 4) is 32.6 Å². The maximum absolute atomic E-state index is 11.2. The lowest BCUT2D eigenvalue weighted by molar-refractivity contribution is 0.0697. The number of anilines is 4. The number of aromatic hydroxyl groups is 1. The van der Waals surface area contributed by atoms with Crippen molar-refractivity contribution in [1.29, 1.82) is 0 Å². The van der Waals surface area contributed by atoms with E-state index in [9.17, 15) is 9.90 Å². The van der Waals surface area contributed by atoms with Gasteiger partial charge in [0, 0.05) is 26.8 Å². The van der Waals surface area contributed by atoms with Crippen LogP contribution in [0.5, 0.6) is 11.5 Å². The Kier molecular flexibility index (Phi) is 8.93. The fraction of sp³-hybridized carbons (Fsp3) is 0.0238. The van der Waals surface area contributed by atoms with Gasteiger partial charge >= 0.3 is 5.97 Å². The summed E-state index contributed by atoms with van der Waals surface area (Å²) in [6, 6.07) is 40.1. The molecule has 0 fully saturated rings. The fourth-order valence-corrected chi connectivity index (χ4v) is 8.33. The molecule has 0 radical (unpaired) electrons. The largest absolute Gasteiger partial charge is 0.504 e. The van der Waals surface area contributed by atoms with E-state index in [1.165, 1.54) is 27.3 Å². The third-order valence-corrected chi connectivity index (χ3v) is 11.2. The molecule has 4 aromatic carbocycles. The van der Waals surface area contributed by atoms with E-state index in [-0.39, 0.29) is 11.3 Å². The number of phenolic OH excluding ortho intramolecular Hbond substituents is 1. The minimum atomic E-state index is -0.964. The van der Waals surface area contributed by atoms with Crippen molar-refractivity contribution in [2.24, 2.45) is 0 Å². The summed E-state index contributed by atoms with van der Waals surface area (Å²) >= 11 is 3.42. The van der Waals surface area contributed by atoms with Crippen LogP contribution in [0.25, 0.3) is 52.6 Å². The molecule has 10 aromatic rings. The van der Waals surface area contributed by atoms with E-state index in [0.717, 1.165) is 38.1 Å². The molecule has 274 valence electrons. The van der Waals surface area contributed by atoms with Crippen LogP contribution in [-0.4, -0.2) is 52.5 Å². The molecular formula is C42H30N8O4S2. The van der Waals surface area contributed by atoms with Crippen LogP contribution in [0.1, 0.15) is 10.4 Å². The first-order valence-corrected chi connectivity index (χ1v) is 18.9. The Labute approximate surface area is 326 Å². The number of hydrogen-bond acceptors (Lipinski definition) is 11. The lowest BCUT2D eigenvalue weighted by Crippen LogP contribution is -2.01. The zero-order valence-corrected chi connectivity index (χ0v) is 31.1. The highest BCUT2D eigenvalue weighted by molar-refractivity contribution is 7.22. The molecule has 0 aliphatic carbocycles. The number of carbonyl (C=O) groups is 1. The Morgan fingerprint density at radius 3 is 1.73 bits per heavy atom. The number of aromatic carboxylic acids is 1. The van der Waals surface area contributed by atoms with E-state index < -0.39 is 5.97 Å². The van der Waals surface area contributed by atoms with Crippen LogP contribution >= 0.6 is 22.7 Å². The minimum Gasteiger partial charge on any atom is -0.504 e. The number of carboxylic acid groups (broad SMARTS) is 1. The second-order valence-electron chi connectivity index (χ2n) is 12.6. The molecule has 4 N–H and O–H groups in total.